The Labute approximate surface area is 100 Å². The summed E-state index contributed by atoms with van der Waals surface area (Å²) in [4.78, 5) is 2.61. The molecule has 1 heterocycles. The Balaban J connectivity index is 2.60. The van der Waals surface area contributed by atoms with Crippen molar-refractivity contribution in [3.05, 3.63) is 0 Å². The van der Waals surface area contributed by atoms with Gasteiger partial charge in [0.25, 0.3) is 0 Å². The first kappa shape index (κ1) is 13.9. The first-order valence-electron chi connectivity index (χ1n) is 6.65. The third kappa shape index (κ3) is 3.72. The number of nitrogens with two attached hydrogens (primary N) is 1. The van der Waals surface area contributed by atoms with E-state index in [1.54, 1.807) is 7.11 Å². The van der Waals surface area contributed by atoms with Crippen LogP contribution in [0.25, 0.3) is 0 Å². The molecule has 3 nitrogen and oxygen atoms in total. The topological polar surface area (TPSA) is 38.5 Å². The molecule has 0 aromatic rings. The molecule has 1 aliphatic heterocycles. The smallest absolute Gasteiger partial charge is 0.0503 e. The molecule has 1 fully saturated rings. The largest absolute Gasteiger partial charge is 0.384 e. The lowest BCUT2D eigenvalue weighted by Gasteiger charge is -2.38. The summed E-state index contributed by atoms with van der Waals surface area (Å²) in [5.41, 5.74) is 5.95. The van der Waals surface area contributed by atoms with Crippen molar-refractivity contribution < 1.29 is 4.74 Å². The molecule has 0 amide bonds. The van der Waals surface area contributed by atoms with Gasteiger partial charge in [0.15, 0.2) is 0 Å². The van der Waals surface area contributed by atoms with Gasteiger partial charge in [-0.25, -0.2) is 0 Å². The zero-order chi connectivity index (χ0) is 12.0. The first-order valence-corrected chi connectivity index (χ1v) is 6.65. The minimum absolute atomic E-state index is 0.480. The van der Waals surface area contributed by atoms with Gasteiger partial charge in [0, 0.05) is 25.7 Å². The normalized spacial score (nSPS) is 27.4. The Hall–Kier alpha value is -0.120. The molecule has 0 radical (unpaired) electrons. The molecule has 1 aliphatic rings. The third-order valence-electron chi connectivity index (χ3n) is 3.86. The Morgan fingerprint density at radius 1 is 1.38 bits per heavy atom. The lowest BCUT2D eigenvalue weighted by Crippen LogP contribution is -2.49. The van der Waals surface area contributed by atoms with Gasteiger partial charge < -0.3 is 10.5 Å². The van der Waals surface area contributed by atoms with Crippen LogP contribution >= 0.6 is 0 Å². The molecule has 0 bridgehead atoms. The van der Waals surface area contributed by atoms with Gasteiger partial charge in [-0.05, 0) is 32.2 Å². The van der Waals surface area contributed by atoms with Crippen LogP contribution in [0.5, 0.6) is 0 Å². The van der Waals surface area contributed by atoms with Crippen LogP contribution in [0.15, 0.2) is 0 Å². The maximum Gasteiger partial charge on any atom is 0.0503 e. The van der Waals surface area contributed by atoms with Crippen LogP contribution in [0.3, 0.4) is 0 Å². The van der Waals surface area contributed by atoms with Gasteiger partial charge in [-0.2, -0.15) is 0 Å². The van der Waals surface area contributed by atoms with Gasteiger partial charge in [0.1, 0.15) is 0 Å². The van der Waals surface area contributed by atoms with Crippen LogP contribution in [0.1, 0.15) is 39.5 Å². The first-order chi connectivity index (χ1) is 7.70. The van der Waals surface area contributed by atoms with Crippen molar-refractivity contribution in [2.75, 3.05) is 26.8 Å². The Bertz CT molecular complexity index is 187. The van der Waals surface area contributed by atoms with E-state index in [9.17, 15) is 0 Å². The van der Waals surface area contributed by atoms with Gasteiger partial charge in [-0.3, -0.25) is 4.90 Å². The summed E-state index contributed by atoms with van der Waals surface area (Å²) in [6.45, 7) is 7.35. The molecule has 0 aromatic carbocycles. The number of hydrogen-bond acceptors (Lipinski definition) is 3. The SMILES string of the molecule is COCC(C)C(CN)N1CCCCCC1C. The average molecular weight is 228 g/mol. The Kier molecular flexibility index (Phi) is 6.32. The van der Waals surface area contributed by atoms with Gasteiger partial charge in [-0.1, -0.05) is 19.8 Å². The average Bonchev–Trinajstić information content (AvgIpc) is 2.46. The van der Waals surface area contributed by atoms with Crippen LogP contribution in [-0.4, -0.2) is 43.8 Å². The molecule has 1 rings (SSSR count). The number of rotatable bonds is 5. The molecule has 3 atom stereocenters. The second kappa shape index (κ2) is 7.25. The van der Waals surface area contributed by atoms with Crippen molar-refractivity contribution in [3.8, 4) is 0 Å². The zero-order valence-corrected chi connectivity index (χ0v) is 11.1. The summed E-state index contributed by atoms with van der Waals surface area (Å²) >= 11 is 0. The van der Waals surface area contributed by atoms with E-state index in [4.69, 9.17) is 10.5 Å². The van der Waals surface area contributed by atoms with E-state index < -0.39 is 0 Å². The Morgan fingerprint density at radius 3 is 2.75 bits per heavy atom. The van der Waals surface area contributed by atoms with Crippen molar-refractivity contribution in [2.45, 2.75) is 51.6 Å². The number of hydrogen-bond donors (Lipinski definition) is 1. The minimum atomic E-state index is 0.480. The van der Waals surface area contributed by atoms with Crippen molar-refractivity contribution in [2.24, 2.45) is 11.7 Å². The lowest BCUT2D eigenvalue weighted by atomic mass is 9.99. The number of methoxy groups -OCH3 is 1. The minimum Gasteiger partial charge on any atom is -0.384 e. The van der Waals surface area contributed by atoms with E-state index in [0.29, 0.717) is 18.0 Å². The molecule has 3 heteroatoms. The van der Waals surface area contributed by atoms with E-state index in [1.165, 1.54) is 32.2 Å². The van der Waals surface area contributed by atoms with Crippen LogP contribution in [-0.2, 0) is 4.74 Å². The molecular weight excluding hydrogens is 200 g/mol. The highest BCUT2D eigenvalue weighted by molar-refractivity contribution is 4.83. The fourth-order valence-corrected chi connectivity index (χ4v) is 2.86. The van der Waals surface area contributed by atoms with E-state index in [-0.39, 0.29) is 0 Å². The summed E-state index contributed by atoms with van der Waals surface area (Å²) < 4.78 is 5.26. The zero-order valence-electron chi connectivity index (χ0n) is 11.1. The standard InChI is InChI=1S/C13H28N2O/c1-11(10-16-3)13(9-14)15-8-6-4-5-7-12(15)2/h11-13H,4-10,14H2,1-3H3. The second-order valence-electron chi connectivity index (χ2n) is 5.17. The van der Waals surface area contributed by atoms with Crippen molar-refractivity contribution in [3.63, 3.8) is 0 Å². The van der Waals surface area contributed by atoms with Gasteiger partial charge in [-0.15, -0.1) is 0 Å². The van der Waals surface area contributed by atoms with E-state index in [0.717, 1.165) is 13.2 Å². The summed E-state index contributed by atoms with van der Waals surface area (Å²) in [6, 6.07) is 1.16. The number of likely N-dealkylation sites (tertiary alicyclic amines) is 1. The van der Waals surface area contributed by atoms with E-state index in [1.807, 2.05) is 0 Å². The third-order valence-corrected chi connectivity index (χ3v) is 3.86. The van der Waals surface area contributed by atoms with Crippen molar-refractivity contribution >= 4 is 0 Å². The molecule has 16 heavy (non-hydrogen) atoms. The highest BCUT2D eigenvalue weighted by Crippen LogP contribution is 2.22. The van der Waals surface area contributed by atoms with Crippen LogP contribution < -0.4 is 5.73 Å². The molecule has 0 spiro atoms. The maximum absolute atomic E-state index is 5.95. The summed E-state index contributed by atoms with van der Waals surface area (Å²) in [7, 11) is 1.77. The molecule has 0 saturated carbocycles. The molecule has 1 saturated heterocycles. The molecule has 96 valence electrons. The molecule has 2 N–H and O–H groups in total. The summed E-state index contributed by atoms with van der Waals surface area (Å²) in [5.74, 6) is 0.524. The van der Waals surface area contributed by atoms with Crippen LogP contribution in [0.4, 0.5) is 0 Å². The fraction of sp³-hybridized carbons (Fsp3) is 1.00. The van der Waals surface area contributed by atoms with Gasteiger partial charge in [0.2, 0.25) is 0 Å². The number of nitrogens with zero attached hydrogens (tertiary/aromatic N) is 1. The molecule has 0 aliphatic carbocycles. The lowest BCUT2D eigenvalue weighted by molar-refractivity contribution is 0.0645. The molecule has 0 aromatic heterocycles. The summed E-state index contributed by atoms with van der Waals surface area (Å²) in [6.07, 6.45) is 5.38. The monoisotopic (exact) mass is 228 g/mol. The van der Waals surface area contributed by atoms with Gasteiger partial charge in [0.05, 0.1) is 6.61 Å². The Morgan fingerprint density at radius 2 is 2.12 bits per heavy atom. The van der Waals surface area contributed by atoms with E-state index in [2.05, 4.69) is 18.7 Å². The van der Waals surface area contributed by atoms with Crippen LogP contribution in [0.2, 0.25) is 0 Å². The predicted octanol–water partition coefficient (Wildman–Crippen LogP) is 1.86. The highest BCUT2D eigenvalue weighted by Gasteiger charge is 2.27. The van der Waals surface area contributed by atoms with Crippen LogP contribution in [0, 0.1) is 5.92 Å². The van der Waals surface area contributed by atoms with Crippen molar-refractivity contribution in [1.82, 2.24) is 4.90 Å². The fourth-order valence-electron chi connectivity index (χ4n) is 2.86. The quantitative estimate of drug-likeness (QED) is 0.780. The summed E-state index contributed by atoms with van der Waals surface area (Å²) in [5, 5.41) is 0. The molecule has 3 unspecified atom stereocenters. The van der Waals surface area contributed by atoms with E-state index >= 15 is 0 Å². The highest BCUT2D eigenvalue weighted by atomic mass is 16.5. The number of ether oxygens (including phenoxy) is 1. The van der Waals surface area contributed by atoms with Crippen molar-refractivity contribution in [1.29, 1.82) is 0 Å². The predicted molar refractivity (Wildman–Crippen MR) is 68.5 cm³/mol. The molecular formula is C13H28N2O. The maximum atomic E-state index is 5.95. The second-order valence-corrected chi connectivity index (χ2v) is 5.17. The van der Waals surface area contributed by atoms with Gasteiger partial charge >= 0.3 is 0 Å².